The van der Waals surface area contributed by atoms with Gasteiger partial charge in [0.1, 0.15) is 6.54 Å². The number of rotatable bonds is 7. The molecule has 184 valence electrons. The van der Waals surface area contributed by atoms with E-state index in [4.69, 9.17) is 9.47 Å². The molecule has 0 aliphatic heterocycles. The molecular formula is C23H20F3N3O5S. The van der Waals surface area contributed by atoms with Crippen molar-refractivity contribution in [2.24, 2.45) is 0 Å². The first-order valence-electron chi connectivity index (χ1n) is 9.94. The summed E-state index contributed by atoms with van der Waals surface area (Å²) < 4.78 is 62.5. The Morgan fingerprint density at radius 2 is 1.83 bits per heavy atom. The first-order valence-corrected chi connectivity index (χ1v) is 11.5. The molecule has 0 aliphatic carbocycles. The van der Waals surface area contributed by atoms with Gasteiger partial charge in [-0.05, 0) is 36.4 Å². The number of anilines is 1. The van der Waals surface area contributed by atoms with Gasteiger partial charge in [0.15, 0.2) is 0 Å². The number of halogens is 3. The highest BCUT2D eigenvalue weighted by Gasteiger charge is 2.33. The molecule has 3 aromatic rings. The lowest BCUT2D eigenvalue weighted by Crippen LogP contribution is -2.37. The third kappa shape index (κ3) is 5.83. The van der Waals surface area contributed by atoms with E-state index in [9.17, 15) is 27.0 Å². The number of aromatic nitrogens is 2. The molecule has 0 saturated heterocycles. The zero-order valence-corrected chi connectivity index (χ0v) is 19.6. The molecule has 0 spiro atoms. The van der Waals surface area contributed by atoms with Crippen LogP contribution < -0.4 is 9.64 Å². The summed E-state index contributed by atoms with van der Waals surface area (Å²) >= 11 is 0. The first-order chi connectivity index (χ1) is 16.6. The van der Waals surface area contributed by atoms with Crippen molar-refractivity contribution in [2.75, 3.05) is 31.9 Å². The van der Waals surface area contributed by atoms with Crippen LogP contribution in [0.2, 0.25) is 0 Å². The van der Waals surface area contributed by atoms with Crippen molar-refractivity contribution in [3.63, 3.8) is 0 Å². The Labute approximate surface area is 201 Å². The van der Waals surface area contributed by atoms with Gasteiger partial charge >= 0.3 is 12.1 Å². The fourth-order valence-corrected chi connectivity index (χ4v) is 3.84. The highest BCUT2D eigenvalue weighted by Crippen LogP contribution is 2.36. The van der Waals surface area contributed by atoms with E-state index in [-0.39, 0.29) is 16.5 Å². The van der Waals surface area contributed by atoms with Crippen molar-refractivity contribution in [1.29, 1.82) is 0 Å². The molecule has 12 heteroatoms. The lowest BCUT2D eigenvalue weighted by Gasteiger charge is -2.25. The maximum atomic E-state index is 13.6. The van der Waals surface area contributed by atoms with Crippen LogP contribution in [0, 0.1) is 0 Å². The lowest BCUT2D eigenvalue weighted by atomic mass is 10.0. The normalized spacial score (nSPS) is 12.1. The Balaban J connectivity index is 2.22. The molecule has 0 saturated carbocycles. The monoisotopic (exact) mass is 507 g/mol. The number of nitrogens with zero attached hydrogens (tertiary/aromatic N) is 3. The van der Waals surface area contributed by atoms with E-state index < -0.39 is 46.5 Å². The van der Waals surface area contributed by atoms with Crippen molar-refractivity contribution in [3.8, 4) is 17.0 Å². The number of hydrogen-bond acceptors (Lipinski definition) is 7. The summed E-state index contributed by atoms with van der Waals surface area (Å²) in [5.41, 5.74) is -0.623. The highest BCUT2D eigenvalue weighted by molar-refractivity contribution is 7.84. The van der Waals surface area contributed by atoms with E-state index in [0.29, 0.717) is 23.3 Å². The average molecular weight is 507 g/mol. The number of pyridine rings is 2. The summed E-state index contributed by atoms with van der Waals surface area (Å²) in [5, 5.41) is 0. The van der Waals surface area contributed by atoms with Crippen LogP contribution in [0.15, 0.2) is 59.9 Å². The molecule has 0 aliphatic rings. The summed E-state index contributed by atoms with van der Waals surface area (Å²) in [6.07, 6.45) is 0.628. The Morgan fingerprint density at radius 3 is 2.46 bits per heavy atom. The fourth-order valence-electron chi connectivity index (χ4n) is 3.26. The summed E-state index contributed by atoms with van der Waals surface area (Å²) in [7, 11) is 0.706. The fraction of sp³-hybridized carbons (Fsp3) is 0.217. The van der Waals surface area contributed by atoms with E-state index in [2.05, 4.69) is 9.97 Å². The van der Waals surface area contributed by atoms with Crippen molar-refractivity contribution in [3.05, 3.63) is 66.1 Å². The number of ether oxygens (including phenoxy) is 2. The summed E-state index contributed by atoms with van der Waals surface area (Å²) in [6, 6.07) is 7.29. The minimum Gasteiger partial charge on any atom is -0.481 e. The number of amides is 1. The molecule has 2 heterocycles. The van der Waals surface area contributed by atoms with Gasteiger partial charge in [0.05, 0.1) is 31.7 Å². The van der Waals surface area contributed by atoms with E-state index in [1.807, 2.05) is 0 Å². The molecule has 0 bridgehead atoms. The van der Waals surface area contributed by atoms with Gasteiger partial charge in [-0.25, -0.2) is 4.98 Å². The predicted octanol–water partition coefficient (Wildman–Crippen LogP) is 3.73. The highest BCUT2D eigenvalue weighted by atomic mass is 32.2. The maximum absolute atomic E-state index is 13.6. The van der Waals surface area contributed by atoms with E-state index in [1.165, 1.54) is 32.0 Å². The van der Waals surface area contributed by atoms with Gasteiger partial charge in [0, 0.05) is 51.0 Å². The van der Waals surface area contributed by atoms with Gasteiger partial charge in [-0.1, -0.05) is 0 Å². The van der Waals surface area contributed by atoms with Gasteiger partial charge in [0.2, 0.25) is 5.88 Å². The van der Waals surface area contributed by atoms with Gasteiger partial charge in [0.25, 0.3) is 5.91 Å². The minimum atomic E-state index is -4.79. The quantitative estimate of drug-likeness (QED) is 0.450. The third-order valence-corrected chi connectivity index (χ3v) is 5.82. The smallest absolute Gasteiger partial charge is 0.416 e. The largest absolute Gasteiger partial charge is 0.481 e. The molecule has 1 atom stereocenters. The van der Waals surface area contributed by atoms with E-state index in [0.717, 1.165) is 18.1 Å². The van der Waals surface area contributed by atoms with E-state index >= 15 is 0 Å². The van der Waals surface area contributed by atoms with Crippen LogP contribution in [-0.4, -0.2) is 53.1 Å². The number of benzene rings is 1. The van der Waals surface area contributed by atoms with Crippen molar-refractivity contribution in [2.45, 2.75) is 11.1 Å². The van der Waals surface area contributed by atoms with Gasteiger partial charge in [-0.2, -0.15) is 13.2 Å². The minimum absolute atomic E-state index is 0.103. The predicted molar refractivity (Wildman–Crippen MR) is 121 cm³/mol. The van der Waals surface area contributed by atoms with Crippen LogP contribution in [0.4, 0.5) is 18.9 Å². The lowest BCUT2D eigenvalue weighted by molar-refractivity contribution is -0.139. The van der Waals surface area contributed by atoms with Crippen LogP contribution in [0.3, 0.4) is 0 Å². The van der Waals surface area contributed by atoms with Gasteiger partial charge in [-0.3, -0.25) is 23.7 Å². The molecule has 8 nitrogen and oxygen atoms in total. The van der Waals surface area contributed by atoms with Gasteiger partial charge < -0.3 is 9.47 Å². The number of methoxy groups -OCH3 is 2. The van der Waals surface area contributed by atoms with Crippen molar-refractivity contribution >= 4 is 28.4 Å². The summed E-state index contributed by atoms with van der Waals surface area (Å²) in [4.78, 5) is 34.7. The molecular weight excluding hydrogens is 487 g/mol. The van der Waals surface area contributed by atoms with Crippen LogP contribution in [0.1, 0.15) is 15.9 Å². The van der Waals surface area contributed by atoms with Crippen LogP contribution in [-0.2, 0) is 26.5 Å². The Hall–Kier alpha value is -3.80. The SMILES string of the molecule is COC(=O)CN(C(=O)c1cc(S(C)=O)cc(C(F)(F)F)c1)c1cnccc1-c1cccnc1OC. The van der Waals surface area contributed by atoms with Crippen LogP contribution >= 0.6 is 0 Å². The molecule has 0 radical (unpaired) electrons. The van der Waals surface area contributed by atoms with Crippen molar-refractivity contribution in [1.82, 2.24) is 9.97 Å². The van der Waals surface area contributed by atoms with E-state index in [1.54, 1.807) is 18.2 Å². The number of carbonyl (C=O) groups is 2. The van der Waals surface area contributed by atoms with Crippen LogP contribution in [0.25, 0.3) is 11.1 Å². The van der Waals surface area contributed by atoms with Crippen LogP contribution in [0.5, 0.6) is 5.88 Å². The summed E-state index contributed by atoms with van der Waals surface area (Å²) in [5.74, 6) is -1.56. The van der Waals surface area contributed by atoms with Gasteiger partial charge in [-0.15, -0.1) is 0 Å². The molecule has 0 fully saturated rings. The second-order valence-corrected chi connectivity index (χ2v) is 8.50. The second-order valence-electron chi connectivity index (χ2n) is 7.12. The molecule has 0 N–H and O–H groups in total. The number of hydrogen-bond donors (Lipinski definition) is 0. The first kappa shape index (κ1) is 25.8. The Kier molecular flexibility index (Phi) is 7.85. The molecule has 1 unspecified atom stereocenters. The summed E-state index contributed by atoms with van der Waals surface area (Å²) in [6.45, 7) is -0.628. The molecule has 1 amide bonds. The molecule has 3 rings (SSSR count). The van der Waals surface area contributed by atoms with Crippen molar-refractivity contribution < 1.29 is 36.4 Å². The Morgan fingerprint density at radius 1 is 1.09 bits per heavy atom. The molecule has 2 aromatic heterocycles. The second kappa shape index (κ2) is 10.6. The zero-order valence-electron chi connectivity index (χ0n) is 18.8. The molecule has 1 aromatic carbocycles. The maximum Gasteiger partial charge on any atom is 0.416 e. The topological polar surface area (TPSA) is 98.7 Å². The standard InChI is InChI=1S/C23H20F3N3O5S/c1-33-20(30)13-29(19-12-27-8-6-17(19)18-5-4-7-28-21(18)34-2)22(31)14-9-15(23(24,25)26)11-16(10-14)35(3)32/h4-12H,13H2,1-3H3. The number of carbonyl (C=O) groups excluding carboxylic acids is 2. The third-order valence-electron chi connectivity index (χ3n) is 4.92. The average Bonchev–Trinajstić information content (AvgIpc) is 2.85. The number of esters is 1. The zero-order chi connectivity index (χ0) is 25.8. The molecule has 35 heavy (non-hydrogen) atoms. The Bertz CT molecular complexity index is 1280. The number of alkyl halides is 3.